The van der Waals surface area contributed by atoms with E-state index in [2.05, 4.69) is 10.3 Å². The minimum atomic E-state index is -0.837. The van der Waals surface area contributed by atoms with Crippen LogP contribution < -0.4 is 10.1 Å². The van der Waals surface area contributed by atoms with Crippen LogP contribution in [0, 0.1) is 0 Å². The van der Waals surface area contributed by atoms with Crippen molar-refractivity contribution in [1.82, 2.24) is 15.4 Å². The second-order valence-corrected chi connectivity index (χ2v) is 7.85. The third kappa shape index (κ3) is 8.29. The van der Waals surface area contributed by atoms with Gasteiger partial charge in [0.15, 0.2) is 0 Å². The van der Waals surface area contributed by atoms with Crippen molar-refractivity contribution in [2.45, 2.75) is 40.2 Å². The quantitative estimate of drug-likeness (QED) is 0.366. The SMILES string of the molecule is C/C=C/c1cccc(CC(NC(=O)c2cccnc2-c2cccc(OCC)c2)C(=O)N(C)OC)c1.CC. The predicted molar refractivity (Wildman–Crippen MR) is 148 cm³/mol. The summed E-state index contributed by atoms with van der Waals surface area (Å²) in [5, 5.41) is 4.02. The van der Waals surface area contributed by atoms with E-state index in [9.17, 15) is 9.59 Å². The van der Waals surface area contributed by atoms with E-state index < -0.39 is 11.9 Å². The summed E-state index contributed by atoms with van der Waals surface area (Å²) in [4.78, 5) is 36.0. The number of amides is 2. The topological polar surface area (TPSA) is 80.8 Å². The number of carbonyl (C=O) groups is 2. The molecule has 7 heteroatoms. The molecule has 0 bridgehead atoms. The fraction of sp³-hybridized carbons (Fsp3) is 0.300. The number of benzene rings is 2. The highest BCUT2D eigenvalue weighted by molar-refractivity contribution is 6.02. The maximum absolute atomic E-state index is 13.4. The Morgan fingerprint density at radius 2 is 1.84 bits per heavy atom. The van der Waals surface area contributed by atoms with Crippen molar-refractivity contribution in [3.8, 4) is 17.0 Å². The first-order valence-corrected chi connectivity index (χ1v) is 12.5. The predicted octanol–water partition coefficient (Wildman–Crippen LogP) is 5.57. The molecule has 37 heavy (non-hydrogen) atoms. The summed E-state index contributed by atoms with van der Waals surface area (Å²) in [5.74, 6) is -0.0683. The number of likely N-dealkylation sites (N-methyl/N-ethyl adjacent to an activating group) is 1. The van der Waals surface area contributed by atoms with E-state index >= 15 is 0 Å². The summed E-state index contributed by atoms with van der Waals surface area (Å²) in [6.07, 6.45) is 5.87. The summed E-state index contributed by atoms with van der Waals surface area (Å²) in [5.41, 5.74) is 3.55. The smallest absolute Gasteiger partial charge is 0.268 e. The average molecular weight is 504 g/mol. The van der Waals surface area contributed by atoms with Crippen LogP contribution in [-0.4, -0.2) is 48.7 Å². The zero-order valence-electron chi connectivity index (χ0n) is 22.5. The molecule has 0 spiro atoms. The van der Waals surface area contributed by atoms with Crippen molar-refractivity contribution in [3.05, 3.63) is 89.6 Å². The van der Waals surface area contributed by atoms with Crippen molar-refractivity contribution < 1.29 is 19.2 Å². The Morgan fingerprint density at radius 1 is 1.08 bits per heavy atom. The summed E-state index contributed by atoms with van der Waals surface area (Å²) >= 11 is 0. The van der Waals surface area contributed by atoms with E-state index in [1.807, 2.05) is 88.4 Å². The zero-order valence-corrected chi connectivity index (χ0v) is 22.5. The molecule has 0 aliphatic rings. The normalized spacial score (nSPS) is 11.3. The van der Waals surface area contributed by atoms with Gasteiger partial charge in [0, 0.05) is 25.2 Å². The molecule has 1 unspecified atom stereocenters. The van der Waals surface area contributed by atoms with Crippen LogP contribution in [0.2, 0.25) is 0 Å². The highest BCUT2D eigenvalue weighted by Crippen LogP contribution is 2.25. The van der Waals surface area contributed by atoms with E-state index in [0.29, 0.717) is 30.0 Å². The van der Waals surface area contributed by atoms with Crippen molar-refractivity contribution in [1.29, 1.82) is 0 Å². The van der Waals surface area contributed by atoms with Crippen molar-refractivity contribution >= 4 is 17.9 Å². The highest BCUT2D eigenvalue weighted by atomic mass is 16.7. The number of rotatable bonds is 10. The van der Waals surface area contributed by atoms with Crippen LogP contribution >= 0.6 is 0 Å². The van der Waals surface area contributed by atoms with Crippen LogP contribution in [0.25, 0.3) is 17.3 Å². The van der Waals surface area contributed by atoms with Gasteiger partial charge in [-0.05, 0) is 49.2 Å². The first-order valence-electron chi connectivity index (χ1n) is 12.5. The van der Waals surface area contributed by atoms with E-state index in [-0.39, 0.29) is 5.91 Å². The molecule has 1 N–H and O–H groups in total. The second kappa shape index (κ2) is 15.2. The maximum atomic E-state index is 13.4. The van der Waals surface area contributed by atoms with Gasteiger partial charge in [-0.2, -0.15) is 0 Å². The number of allylic oxidation sites excluding steroid dienone is 1. The molecule has 0 saturated heterocycles. The van der Waals surface area contributed by atoms with Gasteiger partial charge in [0.05, 0.1) is 25.0 Å². The Hall–Kier alpha value is -3.97. The van der Waals surface area contributed by atoms with Crippen LogP contribution in [0.1, 0.15) is 49.2 Å². The van der Waals surface area contributed by atoms with E-state index in [1.165, 1.54) is 14.2 Å². The molecular weight excluding hydrogens is 466 g/mol. The van der Waals surface area contributed by atoms with Crippen molar-refractivity contribution in [3.63, 3.8) is 0 Å². The van der Waals surface area contributed by atoms with Gasteiger partial charge in [-0.25, -0.2) is 5.06 Å². The Bertz CT molecular complexity index is 1190. The lowest BCUT2D eigenvalue weighted by molar-refractivity contribution is -0.170. The molecule has 0 saturated carbocycles. The van der Waals surface area contributed by atoms with Gasteiger partial charge in [0.1, 0.15) is 11.8 Å². The minimum Gasteiger partial charge on any atom is -0.494 e. The number of carbonyl (C=O) groups excluding carboxylic acids is 2. The number of hydrogen-bond donors (Lipinski definition) is 1. The fourth-order valence-corrected chi connectivity index (χ4v) is 3.72. The molecule has 7 nitrogen and oxygen atoms in total. The number of pyridine rings is 1. The van der Waals surface area contributed by atoms with Crippen LogP contribution in [0.3, 0.4) is 0 Å². The van der Waals surface area contributed by atoms with E-state index in [1.54, 1.807) is 18.3 Å². The number of aromatic nitrogens is 1. The van der Waals surface area contributed by atoms with Crippen molar-refractivity contribution in [2.24, 2.45) is 0 Å². The molecule has 3 rings (SSSR count). The third-order valence-corrected chi connectivity index (χ3v) is 5.41. The molecule has 3 aromatic rings. The summed E-state index contributed by atoms with van der Waals surface area (Å²) in [6.45, 7) is 8.39. The summed E-state index contributed by atoms with van der Waals surface area (Å²) in [6, 6.07) is 17.8. The lowest BCUT2D eigenvalue weighted by atomic mass is 10.0. The van der Waals surface area contributed by atoms with Gasteiger partial charge in [-0.1, -0.05) is 62.4 Å². The average Bonchev–Trinajstić information content (AvgIpc) is 2.93. The Labute approximate surface area is 220 Å². The fourth-order valence-electron chi connectivity index (χ4n) is 3.72. The van der Waals surface area contributed by atoms with Gasteiger partial charge in [-0.3, -0.25) is 19.4 Å². The molecule has 2 aromatic carbocycles. The molecule has 1 aromatic heterocycles. The van der Waals surface area contributed by atoms with Gasteiger partial charge in [0.25, 0.3) is 11.8 Å². The monoisotopic (exact) mass is 503 g/mol. The Kier molecular flexibility index (Phi) is 12.0. The standard InChI is InChI=1S/C28H31N3O4.C2H6/c1-5-10-20-11-7-12-21(17-20)18-25(28(33)31(3)34-4)30-27(32)24-15-9-16-29-26(24)22-13-8-14-23(19-22)35-6-2;1-2/h5,7-17,19,25H,6,18H2,1-4H3,(H,30,32);1-2H3/b10-5+;. The highest BCUT2D eigenvalue weighted by Gasteiger charge is 2.26. The number of nitrogens with zero attached hydrogens (tertiary/aromatic N) is 2. The molecule has 0 aliphatic carbocycles. The van der Waals surface area contributed by atoms with E-state index in [4.69, 9.17) is 9.57 Å². The first-order chi connectivity index (χ1) is 18.0. The number of hydroxylamine groups is 2. The van der Waals surface area contributed by atoms with Gasteiger partial charge < -0.3 is 10.1 Å². The van der Waals surface area contributed by atoms with Gasteiger partial charge >= 0.3 is 0 Å². The minimum absolute atomic E-state index is 0.305. The zero-order chi connectivity index (χ0) is 27.2. The molecule has 0 aliphatic heterocycles. The number of nitrogens with one attached hydrogen (secondary N) is 1. The second-order valence-electron chi connectivity index (χ2n) is 7.85. The van der Waals surface area contributed by atoms with Crippen LogP contribution in [0.15, 0.2) is 72.9 Å². The lowest BCUT2D eigenvalue weighted by Gasteiger charge is -2.23. The van der Waals surface area contributed by atoms with Crippen LogP contribution in [0.4, 0.5) is 0 Å². The van der Waals surface area contributed by atoms with Crippen molar-refractivity contribution in [2.75, 3.05) is 20.8 Å². The molecule has 2 amide bonds. The van der Waals surface area contributed by atoms with Gasteiger partial charge in [-0.15, -0.1) is 0 Å². The molecular formula is C30H37N3O4. The Morgan fingerprint density at radius 3 is 2.54 bits per heavy atom. The summed E-state index contributed by atoms with van der Waals surface area (Å²) in [7, 11) is 2.93. The molecule has 1 atom stereocenters. The lowest BCUT2D eigenvalue weighted by Crippen LogP contribution is -2.48. The first kappa shape index (κ1) is 29.3. The third-order valence-electron chi connectivity index (χ3n) is 5.41. The molecule has 1 heterocycles. The Balaban J connectivity index is 0.00000235. The van der Waals surface area contributed by atoms with Crippen LogP contribution in [-0.2, 0) is 16.1 Å². The van der Waals surface area contributed by atoms with E-state index in [0.717, 1.165) is 21.8 Å². The number of hydrogen-bond acceptors (Lipinski definition) is 5. The van der Waals surface area contributed by atoms with Gasteiger partial charge in [0.2, 0.25) is 0 Å². The molecule has 0 radical (unpaired) electrons. The molecule has 196 valence electrons. The summed E-state index contributed by atoms with van der Waals surface area (Å²) < 4.78 is 5.60. The van der Waals surface area contributed by atoms with Crippen LogP contribution in [0.5, 0.6) is 5.75 Å². The number of ether oxygens (including phenoxy) is 1. The molecule has 0 fully saturated rings. The largest absolute Gasteiger partial charge is 0.494 e. The maximum Gasteiger partial charge on any atom is 0.268 e.